The van der Waals surface area contributed by atoms with Crippen LogP contribution in [0.1, 0.15) is 28.4 Å². The minimum Gasteiger partial charge on any atom is -0.370 e. The summed E-state index contributed by atoms with van der Waals surface area (Å²) in [5.41, 5.74) is 3.26. The van der Waals surface area contributed by atoms with Crippen molar-refractivity contribution in [1.82, 2.24) is 30.0 Å². The number of morpholine rings is 1. The van der Waals surface area contributed by atoms with Crippen LogP contribution < -0.4 is 0 Å². The van der Waals surface area contributed by atoms with Crippen molar-refractivity contribution in [1.29, 1.82) is 5.26 Å². The second-order valence-electron chi connectivity index (χ2n) is 8.66. The number of ether oxygens (including phenoxy) is 1. The van der Waals surface area contributed by atoms with Crippen molar-refractivity contribution in [2.75, 3.05) is 32.8 Å². The van der Waals surface area contributed by atoms with Crippen LogP contribution in [0.2, 0.25) is 0 Å². The molecular weight excluding hydrogens is 437 g/mol. The molecule has 2 fully saturated rings. The van der Waals surface area contributed by atoms with Crippen molar-refractivity contribution in [3.05, 3.63) is 70.8 Å². The largest absolute Gasteiger partial charge is 0.370 e. The fourth-order valence-electron chi connectivity index (χ4n) is 4.75. The van der Waals surface area contributed by atoms with Crippen molar-refractivity contribution in [2.24, 2.45) is 0 Å². The Kier molecular flexibility index (Phi) is 6.04. The molecule has 2 aliphatic heterocycles. The molecule has 10 heteroatoms. The van der Waals surface area contributed by atoms with Gasteiger partial charge in [-0.3, -0.25) is 9.69 Å². The Hall–Kier alpha value is -3.68. The molecule has 0 saturated carbocycles. The lowest BCUT2D eigenvalue weighted by Gasteiger charge is -2.46. The van der Waals surface area contributed by atoms with Gasteiger partial charge in [-0.2, -0.15) is 5.26 Å². The molecule has 34 heavy (non-hydrogen) atoms. The second kappa shape index (κ2) is 9.29. The Bertz CT molecular complexity index is 1240. The summed E-state index contributed by atoms with van der Waals surface area (Å²) in [6, 6.07) is 12.7. The molecule has 5 rings (SSSR count). The van der Waals surface area contributed by atoms with Crippen molar-refractivity contribution >= 4 is 5.91 Å². The Morgan fingerprint density at radius 3 is 2.94 bits per heavy atom. The minimum atomic E-state index is -0.506. The number of aromatic nitrogens is 4. The summed E-state index contributed by atoms with van der Waals surface area (Å²) >= 11 is 0. The van der Waals surface area contributed by atoms with Gasteiger partial charge in [-0.25, -0.2) is 9.07 Å². The molecule has 9 nitrogen and oxygen atoms in total. The number of carbonyl (C=O) groups is 1. The van der Waals surface area contributed by atoms with E-state index < -0.39 is 5.82 Å². The van der Waals surface area contributed by atoms with E-state index in [1.807, 2.05) is 35.2 Å². The summed E-state index contributed by atoms with van der Waals surface area (Å²) in [6.45, 7) is 4.87. The predicted molar refractivity (Wildman–Crippen MR) is 119 cm³/mol. The van der Waals surface area contributed by atoms with Crippen molar-refractivity contribution in [3.8, 4) is 11.8 Å². The molecule has 0 N–H and O–H groups in total. The Morgan fingerprint density at radius 2 is 2.15 bits per heavy atom. The number of carbonyl (C=O) groups excluding carboxylic acids is 1. The molecule has 2 saturated heterocycles. The predicted octanol–water partition coefficient (Wildman–Crippen LogP) is 1.81. The van der Waals surface area contributed by atoms with E-state index in [9.17, 15) is 14.4 Å². The molecule has 2 atom stereocenters. The molecule has 0 bridgehead atoms. The zero-order chi connectivity index (χ0) is 23.7. The van der Waals surface area contributed by atoms with Crippen LogP contribution in [0.5, 0.6) is 0 Å². The van der Waals surface area contributed by atoms with Crippen LogP contribution in [-0.4, -0.2) is 74.7 Å². The smallest absolute Gasteiger partial charge is 0.227 e. The van der Waals surface area contributed by atoms with Crippen LogP contribution in [0.3, 0.4) is 0 Å². The summed E-state index contributed by atoms with van der Waals surface area (Å²) in [6.07, 6.45) is 1.60. The Balaban J connectivity index is 1.22. The monoisotopic (exact) mass is 461 g/mol. The molecule has 2 aromatic carbocycles. The number of benzene rings is 2. The average molecular weight is 462 g/mol. The van der Waals surface area contributed by atoms with E-state index in [0.717, 1.165) is 23.4 Å². The third-order valence-corrected chi connectivity index (χ3v) is 6.64. The topological polar surface area (TPSA) is 100 Å². The number of piperazine rings is 1. The molecule has 174 valence electrons. The van der Waals surface area contributed by atoms with Gasteiger partial charge >= 0.3 is 0 Å². The molecular formula is C24H24FN7O2. The highest BCUT2D eigenvalue weighted by Crippen LogP contribution is 2.31. The van der Waals surface area contributed by atoms with Gasteiger partial charge in [0.15, 0.2) is 0 Å². The van der Waals surface area contributed by atoms with E-state index in [4.69, 9.17) is 4.74 Å². The van der Waals surface area contributed by atoms with Gasteiger partial charge in [-0.1, -0.05) is 18.2 Å². The summed E-state index contributed by atoms with van der Waals surface area (Å²) in [4.78, 5) is 17.2. The quantitative estimate of drug-likeness (QED) is 0.584. The molecule has 1 aromatic heterocycles. The molecule has 0 radical (unpaired) electrons. The normalized spacial score (nSPS) is 20.6. The van der Waals surface area contributed by atoms with Gasteiger partial charge < -0.3 is 9.64 Å². The van der Waals surface area contributed by atoms with Crippen molar-refractivity contribution in [3.63, 3.8) is 0 Å². The van der Waals surface area contributed by atoms with Gasteiger partial charge in [-0.05, 0) is 52.2 Å². The van der Waals surface area contributed by atoms with E-state index >= 15 is 0 Å². The summed E-state index contributed by atoms with van der Waals surface area (Å²) in [5, 5.41) is 20.5. The highest BCUT2D eigenvalue weighted by molar-refractivity contribution is 5.79. The maximum Gasteiger partial charge on any atom is 0.227 e. The van der Waals surface area contributed by atoms with E-state index in [0.29, 0.717) is 38.2 Å². The fourth-order valence-corrected chi connectivity index (χ4v) is 4.75. The van der Waals surface area contributed by atoms with Gasteiger partial charge in [0.1, 0.15) is 18.2 Å². The van der Waals surface area contributed by atoms with Crippen LogP contribution in [0.4, 0.5) is 4.39 Å². The van der Waals surface area contributed by atoms with Crippen LogP contribution in [0, 0.1) is 24.1 Å². The number of rotatable bonds is 4. The number of halogens is 1. The van der Waals surface area contributed by atoms with E-state index in [2.05, 4.69) is 20.4 Å². The van der Waals surface area contributed by atoms with Crippen molar-refractivity contribution in [2.45, 2.75) is 25.5 Å². The first-order valence-electron chi connectivity index (χ1n) is 11.2. The van der Waals surface area contributed by atoms with Gasteiger partial charge in [0, 0.05) is 26.2 Å². The number of hydrogen-bond donors (Lipinski definition) is 0. The van der Waals surface area contributed by atoms with Crippen LogP contribution in [-0.2, 0) is 16.0 Å². The number of amides is 1. The summed E-state index contributed by atoms with van der Waals surface area (Å²) in [7, 11) is 0. The number of fused-ring (bicyclic) bond motifs is 1. The maximum atomic E-state index is 13.9. The number of nitrogens with zero attached hydrogens (tertiary/aromatic N) is 7. The van der Waals surface area contributed by atoms with Gasteiger partial charge in [0.25, 0.3) is 0 Å². The molecule has 3 aromatic rings. The SMILES string of the molecule is Cc1c(C2CN3CCN(C(=O)Cc4cccc(-n5cnnn5)c4)C[C@H]3CO2)ccc(F)c1C#N. The van der Waals surface area contributed by atoms with E-state index in [1.165, 1.54) is 12.4 Å². The number of tetrazole rings is 1. The first kappa shape index (κ1) is 22.1. The maximum absolute atomic E-state index is 13.9. The number of nitriles is 1. The summed E-state index contributed by atoms with van der Waals surface area (Å²) in [5.74, 6) is -0.434. The number of hydrogen-bond acceptors (Lipinski definition) is 7. The zero-order valence-corrected chi connectivity index (χ0v) is 18.8. The molecule has 0 aliphatic carbocycles. The van der Waals surface area contributed by atoms with Crippen LogP contribution in [0.25, 0.3) is 5.69 Å². The third kappa shape index (κ3) is 4.27. The standard InChI is InChI=1S/C24H24FN7O2/c1-16-20(5-6-22(25)21(16)11-26)23-13-30-7-8-31(12-19(30)14-34-23)24(33)10-17-3-2-4-18(9-17)32-15-27-28-29-32/h2-6,9,15,19,23H,7-8,10,12-14H2,1H3/t19-,23?/m0/s1. The van der Waals surface area contributed by atoms with Crippen molar-refractivity contribution < 1.29 is 13.9 Å². The fraction of sp³-hybridized carbons (Fsp3) is 0.375. The average Bonchev–Trinajstić information content (AvgIpc) is 3.39. The van der Waals surface area contributed by atoms with E-state index in [-0.39, 0.29) is 23.6 Å². The lowest BCUT2D eigenvalue weighted by molar-refractivity contribution is -0.139. The Labute approximate surface area is 196 Å². The van der Waals surface area contributed by atoms with Gasteiger partial charge in [0.2, 0.25) is 5.91 Å². The van der Waals surface area contributed by atoms with E-state index in [1.54, 1.807) is 17.7 Å². The molecule has 1 unspecified atom stereocenters. The minimum absolute atomic E-state index is 0.0720. The third-order valence-electron chi connectivity index (χ3n) is 6.64. The lowest BCUT2D eigenvalue weighted by atomic mass is 9.96. The zero-order valence-electron chi connectivity index (χ0n) is 18.8. The highest BCUT2D eigenvalue weighted by Gasteiger charge is 2.36. The molecule has 3 heterocycles. The molecule has 2 aliphatic rings. The molecule has 1 amide bonds. The summed E-state index contributed by atoms with van der Waals surface area (Å²) < 4.78 is 21.6. The highest BCUT2D eigenvalue weighted by atomic mass is 19.1. The first-order valence-corrected chi connectivity index (χ1v) is 11.2. The van der Waals surface area contributed by atoms with Gasteiger partial charge in [0.05, 0.1) is 36.4 Å². The second-order valence-corrected chi connectivity index (χ2v) is 8.66. The van der Waals surface area contributed by atoms with Crippen LogP contribution >= 0.6 is 0 Å². The van der Waals surface area contributed by atoms with Gasteiger partial charge in [-0.15, -0.1) is 5.10 Å². The Morgan fingerprint density at radius 1 is 1.26 bits per heavy atom. The molecule has 0 spiro atoms. The van der Waals surface area contributed by atoms with Crippen LogP contribution in [0.15, 0.2) is 42.7 Å². The lowest BCUT2D eigenvalue weighted by Crippen LogP contribution is -2.59. The first-order chi connectivity index (χ1) is 16.5.